The number of imidazole rings is 1. The summed E-state index contributed by atoms with van der Waals surface area (Å²) in [5.74, 6) is -0.0221. The molecule has 8 heteroatoms. The van der Waals surface area contributed by atoms with Crippen LogP contribution in [0.3, 0.4) is 0 Å². The molecule has 1 atom stereocenters. The number of amides is 1. The van der Waals surface area contributed by atoms with Gasteiger partial charge in [-0.3, -0.25) is 14.9 Å². The van der Waals surface area contributed by atoms with E-state index in [1.165, 1.54) is 18.2 Å². The number of nitro benzene ring substituents is 1. The summed E-state index contributed by atoms with van der Waals surface area (Å²) in [7, 11) is 0. The molecule has 0 aliphatic rings. The lowest BCUT2D eigenvalue weighted by molar-refractivity contribution is -0.385. The molecule has 0 aliphatic heterocycles. The fourth-order valence-electron chi connectivity index (χ4n) is 1.74. The molecule has 104 valence electrons. The Hall–Kier alpha value is -2.41. The smallest absolute Gasteiger partial charge is 0.300 e. The summed E-state index contributed by atoms with van der Waals surface area (Å²) in [5, 5.41) is 13.5. The second kappa shape index (κ2) is 5.70. The van der Waals surface area contributed by atoms with E-state index < -0.39 is 22.6 Å². The maximum atomic E-state index is 12.1. The summed E-state index contributed by atoms with van der Waals surface area (Å²) in [6, 6.07) is 3.80. The van der Waals surface area contributed by atoms with E-state index in [4.69, 9.17) is 11.6 Å². The molecule has 1 heterocycles. The molecular formula is C12H11ClN4O3. The van der Waals surface area contributed by atoms with Gasteiger partial charge in [-0.2, -0.15) is 0 Å². The summed E-state index contributed by atoms with van der Waals surface area (Å²) >= 11 is 5.76. The minimum Gasteiger partial charge on any atom is -0.347 e. The van der Waals surface area contributed by atoms with E-state index in [1.807, 2.05) is 0 Å². The highest BCUT2D eigenvalue weighted by Crippen LogP contribution is 2.28. The molecule has 7 nitrogen and oxygen atoms in total. The topological polar surface area (TPSA) is 101 Å². The van der Waals surface area contributed by atoms with Gasteiger partial charge in [-0.15, -0.1) is 0 Å². The van der Waals surface area contributed by atoms with Gasteiger partial charge in [0.1, 0.15) is 16.4 Å². The number of aromatic amines is 1. The Morgan fingerprint density at radius 1 is 1.55 bits per heavy atom. The number of benzene rings is 1. The standard InChI is InChI=1S/C12H11ClN4O3/c1-7(11-14-5-6-15-11)16-12(18)8-3-2-4-9(13)10(8)17(19)20/h2-7H,1H3,(H,14,15)(H,16,18). The van der Waals surface area contributed by atoms with Crippen molar-refractivity contribution in [3.05, 3.63) is 57.1 Å². The Bertz CT molecular complexity index is 642. The normalized spacial score (nSPS) is 11.9. The molecule has 1 amide bonds. The van der Waals surface area contributed by atoms with Crippen molar-refractivity contribution in [2.24, 2.45) is 0 Å². The highest BCUT2D eigenvalue weighted by molar-refractivity contribution is 6.33. The zero-order chi connectivity index (χ0) is 14.7. The number of carbonyl (C=O) groups excluding carboxylic acids is 1. The number of aromatic nitrogens is 2. The number of nitrogens with one attached hydrogen (secondary N) is 2. The number of nitro groups is 1. The fourth-order valence-corrected chi connectivity index (χ4v) is 1.98. The minimum absolute atomic E-state index is 0.0756. The van der Waals surface area contributed by atoms with Crippen LogP contribution in [0.2, 0.25) is 5.02 Å². The van der Waals surface area contributed by atoms with Gasteiger partial charge in [0, 0.05) is 12.4 Å². The van der Waals surface area contributed by atoms with E-state index in [1.54, 1.807) is 19.3 Å². The minimum atomic E-state index is -0.672. The lowest BCUT2D eigenvalue weighted by atomic mass is 10.1. The number of hydrogen-bond donors (Lipinski definition) is 2. The Balaban J connectivity index is 2.26. The first-order valence-electron chi connectivity index (χ1n) is 5.73. The first-order chi connectivity index (χ1) is 9.50. The third kappa shape index (κ3) is 2.77. The molecule has 0 aliphatic carbocycles. The SMILES string of the molecule is CC(NC(=O)c1cccc(Cl)c1[N+](=O)[O-])c1ncc[nH]1. The van der Waals surface area contributed by atoms with Crippen molar-refractivity contribution in [1.82, 2.24) is 15.3 Å². The average Bonchev–Trinajstić information content (AvgIpc) is 2.91. The van der Waals surface area contributed by atoms with E-state index in [-0.39, 0.29) is 10.6 Å². The number of para-hydroxylation sites is 1. The van der Waals surface area contributed by atoms with Gasteiger partial charge in [0.2, 0.25) is 0 Å². The van der Waals surface area contributed by atoms with Crippen LogP contribution in [0.25, 0.3) is 0 Å². The monoisotopic (exact) mass is 294 g/mol. The zero-order valence-electron chi connectivity index (χ0n) is 10.5. The molecule has 0 radical (unpaired) electrons. The van der Waals surface area contributed by atoms with Crippen molar-refractivity contribution in [3.63, 3.8) is 0 Å². The molecule has 0 bridgehead atoms. The quantitative estimate of drug-likeness (QED) is 0.668. The van der Waals surface area contributed by atoms with Crippen molar-refractivity contribution in [2.45, 2.75) is 13.0 Å². The predicted molar refractivity (Wildman–Crippen MR) is 72.6 cm³/mol. The lowest BCUT2D eigenvalue weighted by Crippen LogP contribution is -2.28. The molecule has 1 aromatic carbocycles. The summed E-state index contributed by atoms with van der Waals surface area (Å²) in [4.78, 5) is 29.3. The van der Waals surface area contributed by atoms with Gasteiger partial charge in [0.05, 0.1) is 11.0 Å². The van der Waals surface area contributed by atoms with E-state index in [0.717, 1.165) is 0 Å². The van der Waals surface area contributed by atoms with E-state index in [0.29, 0.717) is 5.82 Å². The van der Waals surface area contributed by atoms with Crippen LogP contribution >= 0.6 is 11.6 Å². The number of carbonyl (C=O) groups is 1. The van der Waals surface area contributed by atoms with E-state index >= 15 is 0 Å². The summed E-state index contributed by atoms with van der Waals surface area (Å²) in [6.45, 7) is 1.72. The first-order valence-corrected chi connectivity index (χ1v) is 6.11. The van der Waals surface area contributed by atoms with Crippen LogP contribution in [-0.4, -0.2) is 20.8 Å². The van der Waals surface area contributed by atoms with Crippen LogP contribution < -0.4 is 5.32 Å². The van der Waals surface area contributed by atoms with Crippen LogP contribution in [-0.2, 0) is 0 Å². The molecule has 0 saturated carbocycles. The molecule has 0 fully saturated rings. The maximum absolute atomic E-state index is 12.1. The van der Waals surface area contributed by atoms with Crippen LogP contribution in [0.15, 0.2) is 30.6 Å². The average molecular weight is 295 g/mol. The van der Waals surface area contributed by atoms with Crippen LogP contribution in [0, 0.1) is 10.1 Å². The van der Waals surface area contributed by atoms with Gasteiger partial charge in [-0.05, 0) is 19.1 Å². The molecule has 0 saturated heterocycles. The number of H-pyrrole nitrogens is 1. The molecule has 1 aromatic heterocycles. The second-order valence-corrected chi connectivity index (χ2v) is 4.47. The van der Waals surface area contributed by atoms with Crippen molar-refractivity contribution < 1.29 is 9.72 Å². The predicted octanol–water partition coefficient (Wildman–Crippen LogP) is 2.46. The highest BCUT2D eigenvalue weighted by Gasteiger charge is 2.24. The number of nitrogens with zero attached hydrogens (tertiary/aromatic N) is 2. The fraction of sp³-hybridized carbons (Fsp3) is 0.167. The van der Waals surface area contributed by atoms with Crippen molar-refractivity contribution >= 4 is 23.2 Å². The molecule has 20 heavy (non-hydrogen) atoms. The largest absolute Gasteiger partial charge is 0.347 e. The van der Waals surface area contributed by atoms with Gasteiger partial charge >= 0.3 is 5.69 Å². The van der Waals surface area contributed by atoms with Crippen molar-refractivity contribution in [3.8, 4) is 0 Å². The Morgan fingerprint density at radius 2 is 2.30 bits per heavy atom. The molecule has 2 rings (SSSR count). The highest BCUT2D eigenvalue weighted by atomic mass is 35.5. The number of rotatable bonds is 4. The number of hydrogen-bond acceptors (Lipinski definition) is 4. The molecule has 2 aromatic rings. The van der Waals surface area contributed by atoms with Gasteiger partial charge in [-0.1, -0.05) is 17.7 Å². The van der Waals surface area contributed by atoms with E-state index in [2.05, 4.69) is 15.3 Å². The van der Waals surface area contributed by atoms with Gasteiger partial charge in [-0.25, -0.2) is 4.98 Å². The summed E-state index contributed by atoms with van der Waals surface area (Å²) < 4.78 is 0. The van der Waals surface area contributed by atoms with Crippen LogP contribution in [0.1, 0.15) is 29.1 Å². The lowest BCUT2D eigenvalue weighted by Gasteiger charge is -2.11. The molecule has 1 unspecified atom stereocenters. The van der Waals surface area contributed by atoms with Gasteiger partial charge in [0.25, 0.3) is 5.91 Å². The molecule has 0 spiro atoms. The maximum Gasteiger partial charge on any atom is 0.300 e. The third-order valence-electron chi connectivity index (χ3n) is 2.69. The molecule has 2 N–H and O–H groups in total. The second-order valence-electron chi connectivity index (χ2n) is 4.06. The van der Waals surface area contributed by atoms with Crippen LogP contribution in [0.5, 0.6) is 0 Å². The van der Waals surface area contributed by atoms with Crippen molar-refractivity contribution in [1.29, 1.82) is 0 Å². The van der Waals surface area contributed by atoms with Gasteiger partial charge < -0.3 is 10.3 Å². The van der Waals surface area contributed by atoms with Crippen molar-refractivity contribution in [2.75, 3.05) is 0 Å². The first kappa shape index (κ1) is 14.0. The summed E-state index contributed by atoms with van der Waals surface area (Å²) in [5.41, 5.74) is -0.487. The molecular weight excluding hydrogens is 284 g/mol. The van der Waals surface area contributed by atoms with Crippen LogP contribution in [0.4, 0.5) is 5.69 Å². The Labute approximate surface area is 119 Å². The van der Waals surface area contributed by atoms with Gasteiger partial charge in [0.15, 0.2) is 0 Å². The third-order valence-corrected chi connectivity index (χ3v) is 3.00. The zero-order valence-corrected chi connectivity index (χ0v) is 11.2. The Kier molecular flexibility index (Phi) is 3.99. The summed E-state index contributed by atoms with van der Waals surface area (Å²) in [6.07, 6.45) is 3.18. The Morgan fingerprint density at radius 3 is 2.90 bits per heavy atom. The number of halogens is 1. The van der Waals surface area contributed by atoms with E-state index in [9.17, 15) is 14.9 Å².